The van der Waals surface area contributed by atoms with Gasteiger partial charge in [-0.3, -0.25) is 9.10 Å². The topological polar surface area (TPSA) is 78.8 Å². The maximum atomic E-state index is 13.3. The molecule has 9 heteroatoms. The molecule has 0 unspecified atom stereocenters. The summed E-state index contributed by atoms with van der Waals surface area (Å²) in [5.74, 6) is -0.996. The monoisotopic (exact) mass is 471 g/mol. The molecule has 3 aromatic carbocycles. The number of carbonyl (C=O) groups excluding carboxylic acids is 1. The molecule has 1 N–H and O–H groups in total. The lowest BCUT2D eigenvalue weighted by Crippen LogP contribution is -2.39. The number of hydrazone groups is 1. The Morgan fingerprint density at radius 1 is 1.03 bits per heavy atom. The van der Waals surface area contributed by atoms with Gasteiger partial charge < -0.3 is 0 Å². The van der Waals surface area contributed by atoms with E-state index in [0.29, 0.717) is 11.3 Å². The molecule has 0 bridgehead atoms. The third-order valence-corrected chi connectivity index (χ3v) is 7.06. The van der Waals surface area contributed by atoms with E-state index in [1.807, 2.05) is 13.2 Å². The number of rotatable bonds is 8. The molecule has 0 spiro atoms. The van der Waals surface area contributed by atoms with Crippen LogP contribution >= 0.6 is 11.8 Å². The second-order valence-electron chi connectivity index (χ2n) is 6.87. The number of nitrogens with zero attached hydrogens (tertiary/aromatic N) is 2. The van der Waals surface area contributed by atoms with Gasteiger partial charge in [0.1, 0.15) is 12.4 Å². The van der Waals surface area contributed by atoms with Gasteiger partial charge >= 0.3 is 0 Å². The number of sulfonamides is 1. The van der Waals surface area contributed by atoms with Gasteiger partial charge in [0, 0.05) is 4.90 Å². The number of thioether (sulfide) groups is 1. The third-order valence-electron chi connectivity index (χ3n) is 4.53. The van der Waals surface area contributed by atoms with Crippen LogP contribution in [-0.2, 0) is 14.8 Å². The van der Waals surface area contributed by atoms with Crippen molar-refractivity contribution in [2.24, 2.45) is 5.10 Å². The third kappa shape index (κ3) is 5.95. The Morgan fingerprint density at radius 3 is 2.25 bits per heavy atom. The van der Waals surface area contributed by atoms with Gasteiger partial charge in [-0.05, 0) is 67.3 Å². The first-order chi connectivity index (χ1) is 15.3. The lowest BCUT2D eigenvalue weighted by atomic mass is 10.2. The standard InChI is InChI=1S/C23H22FN3O3S2/c1-17-3-9-20(10-4-17)27(32(29,30)22-13-11-21(31-2)12-14-22)16-23(28)26-25-15-18-5-7-19(24)8-6-18/h3-15H,16H2,1-2H3,(H,26,28)/b25-15-. The normalized spacial score (nSPS) is 11.5. The number of carbonyl (C=O) groups is 1. The van der Waals surface area contributed by atoms with Crippen LogP contribution in [0.1, 0.15) is 11.1 Å². The van der Waals surface area contributed by atoms with E-state index < -0.39 is 22.5 Å². The van der Waals surface area contributed by atoms with E-state index in [9.17, 15) is 17.6 Å². The summed E-state index contributed by atoms with van der Waals surface area (Å²) in [5, 5.41) is 3.84. The average Bonchev–Trinajstić information content (AvgIpc) is 2.79. The van der Waals surface area contributed by atoms with Gasteiger partial charge in [-0.15, -0.1) is 11.8 Å². The molecule has 0 aliphatic carbocycles. The molecule has 0 aliphatic rings. The minimum atomic E-state index is -4.00. The van der Waals surface area contributed by atoms with Crippen LogP contribution in [-0.4, -0.2) is 33.3 Å². The average molecular weight is 472 g/mol. The van der Waals surface area contributed by atoms with Crippen molar-refractivity contribution in [3.05, 3.63) is 89.7 Å². The number of halogens is 1. The predicted molar refractivity (Wildman–Crippen MR) is 126 cm³/mol. The Balaban J connectivity index is 1.83. The van der Waals surface area contributed by atoms with E-state index in [-0.39, 0.29) is 10.7 Å². The van der Waals surface area contributed by atoms with E-state index >= 15 is 0 Å². The zero-order valence-electron chi connectivity index (χ0n) is 17.5. The SMILES string of the molecule is CSc1ccc(S(=O)(=O)N(CC(=O)N/N=C\c2ccc(F)cc2)c2ccc(C)cc2)cc1. The van der Waals surface area contributed by atoms with Crippen molar-refractivity contribution >= 4 is 39.6 Å². The summed E-state index contributed by atoms with van der Waals surface area (Å²) in [6.07, 6.45) is 3.25. The van der Waals surface area contributed by atoms with Gasteiger partial charge in [0.05, 0.1) is 16.8 Å². The van der Waals surface area contributed by atoms with E-state index in [1.54, 1.807) is 36.4 Å². The number of hydrogen-bond acceptors (Lipinski definition) is 5. The summed E-state index contributed by atoms with van der Waals surface area (Å²) >= 11 is 1.50. The molecule has 0 fully saturated rings. The molecule has 0 heterocycles. The second-order valence-corrected chi connectivity index (χ2v) is 9.61. The van der Waals surface area contributed by atoms with Crippen molar-refractivity contribution in [3.8, 4) is 0 Å². The molecule has 166 valence electrons. The van der Waals surface area contributed by atoms with Crippen molar-refractivity contribution in [2.45, 2.75) is 16.7 Å². The minimum absolute atomic E-state index is 0.0819. The van der Waals surface area contributed by atoms with Crippen molar-refractivity contribution in [1.82, 2.24) is 5.43 Å². The Bertz CT molecular complexity index is 1190. The lowest BCUT2D eigenvalue weighted by Gasteiger charge is -2.24. The first-order valence-corrected chi connectivity index (χ1v) is 12.3. The quantitative estimate of drug-likeness (QED) is 0.303. The first-order valence-electron chi connectivity index (χ1n) is 9.60. The van der Waals surface area contributed by atoms with Gasteiger partial charge in [0.2, 0.25) is 0 Å². The molecule has 0 saturated heterocycles. The maximum Gasteiger partial charge on any atom is 0.264 e. The van der Waals surface area contributed by atoms with Gasteiger partial charge in [0.15, 0.2) is 0 Å². The Labute approximate surface area is 191 Å². The summed E-state index contributed by atoms with van der Waals surface area (Å²) in [4.78, 5) is 13.5. The highest BCUT2D eigenvalue weighted by Gasteiger charge is 2.27. The molecule has 3 rings (SSSR count). The molecule has 0 radical (unpaired) electrons. The fourth-order valence-corrected chi connectivity index (χ4v) is 4.62. The van der Waals surface area contributed by atoms with Crippen LogP contribution in [0.5, 0.6) is 0 Å². The summed E-state index contributed by atoms with van der Waals surface area (Å²) in [7, 11) is -4.00. The molecule has 0 saturated carbocycles. The highest BCUT2D eigenvalue weighted by molar-refractivity contribution is 7.98. The number of aryl methyl sites for hydroxylation is 1. The first kappa shape index (κ1) is 23.5. The molecule has 6 nitrogen and oxygen atoms in total. The van der Waals surface area contributed by atoms with Gasteiger partial charge in [-0.25, -0.2) is 18.2 Å². The minimum Gasteiger partial charge on any atom is -0.271 e. The second kappa shape index (κ2) is 10.4. The van der Waals surface area contributed by atoms with Gasteiger partial charge in [0.25, 0.3) is 15.9 Å². The van der Waals surface area contributed by atoms with Crippen LogP contribution in [0.2, 0.25) is 0 Å². The number of hydrogen-bond donors (Lipinski definition) is 1. The Morgan fingerprint density at radius 2 is 1.66 bits per heavy atom. The van der Waals surface area contributed by atoms with E-state index in [0.717, 1.165) is 14.8 Å². The van der Waals surface area contributed by atoms with Crippen molar-refractivity contribution < 1.29 is 17.6 Å². The van der Waals surface area contributed by atoms with Crippen LogP contribution in [0.3, 0.4) is 0 Å². The summed E-state index contributed by atoms with van der Waals surface area (Å²) in [6, 6.07) is 18.9. The molecular weight excluding hydrogens is 449 g/mol. The highest BCUT2D eigenvalue weighted by Crippen LogP contribution is 2.25. The van der Waals surface area contributed by atoms with E-state index in [4.69, 9.17) is 0 Å². The molecular formula is C23H22FN3O3S2. The maximum absolute atomic E-state index is 13.3. The largest absolute Gasteiger partial charge is 0.271 e. The van der Waals surface area contributed by atoms with Crippen LogP contribution < -0.4 is 9.73 Å². The number of benzene rings is 3. The molecule has 0 atom stereocenters. The Hall–Kier alpha value is -3.17. The smallest absolute Gasteiger partial charge is 0.264 e. The van der Waals surface area contributed by atoms with Crippen LogP contribution in [0, 0.1) is 12.7 Å². The molecule has 3 aromatic rings. The van der Waals surface area contributed by atoms with Gasteiger partial charge in [-0.2, -0.15) is 5.10 Å². The Kier molecular flexibility index (Phi) is 7.66. The fourth-order valence-electron chi connectivity index (χ4n) is 2.79. The summed E-state index contributed by atoms with van der Waals surface area (Å²) in [6.45, 7) is 1.43. The van der Waals surface area contributed by atoms with Crippen LogP contribution in [0.15, 0.2) is 87.7 Å². The summed E-state index contributed by atoms with van der Waals surface area (Å²) < 4.78 is 40.7. The predicted octanol–water partition coefficient (Wildman–Crippen LogP) is 4.20. The van der Waals surface area contributed by atoms with Crippen molar-refractivity contribution in [1.29, 1.82) is 0 Å². The number of anilines is 1. The molecule has 32 heavy (non-hydrogen) atoms. The van der Waals surface area contributed by atoms with Gasteiger partial charge in [-0.1, -0.05) is 29.8 Å². The van der Waals surface area contributed by atoms with Crippen LogP contribution in [0.4, 0.5) is 10.1 Å². The van der Waals surface area contributed by atoms with E-state index in [1.165, 1.54) is 54.4 Å². The van der Waals surface area contributed by atoms with Crippen molar-refractivity contribution in [3.63, 3.8) is 0 Å². The van der Waals surface area contributed by atoms with Crippen molar-refractivity contribution in [2.75, 3.05) is 17.1 Å². The number of nitrogens with one attached hydrogen (secondary N) is 1. The number of amides is 1. The molecule has 0 aromatic heterocycles. The van der Waals surface area contributed by atoms with Crippen LogP contribution in [0.25, 0.3) is 0 Å². The summed E-state index contributed by atoms with van der Waals surface area (Å²) in [5.41, 5.74) is 4.24. The fraction of sp³-hybridized carbons (Fsp3) is 0.130. The van der Waals surface area contributed by atoms with E-state index in [2.05, 4.69) is 10.5 Å². The zero-order chi connectivity index (χ0) is 23.1. The zero-order valence-corrected chi connectivity index (χ0v) is 19.2. The molecule has 0 aliphatic heterocycles. The molecule has 1 amide bonds. The lowest BCUT2D eigenvalue weighted by molar-refractivity contribution is -0.119. The highest BCUT2D eigenvalue weighted by atomic mass is 32.2.